The fourth-order valence-corrected chi connectivity index (χ4v) is 5.44. The van der Waals surface area contributed by atoms with Crippen molar-refractivity contribution in [2.75, 3.05) is 12.3 Å². The van der Waals surface area contributed by atoms with Gasteiger partial charge in [0.15, 0.2) is 9.84 Å². The molecule has 1 fully saturated rings. The van der Waals surface area contributed by atoms with Crippen molar-refractivity contribution in [1.29, 1.82) is 0 Å². The summed E-state index contributed by atoms with van der Waals surface area (Å²) in [6.45, 7) is 0.555. The van der Waals surface area contributed by atoms with Gasteiger partial charge in [0.25, 0.3) is 5.91 Å². The fourth-order valence-electron chi connectivity index (χ4n) is 3.82. The molecule has 7 heteroatoms. The Bertz CT molecular complexity index is 1110. The number of carbonyl (C=O) groups excluding carboxylic acids is 1. The Morgan fingerprint density at radius 3 is 2.41 bits per heavy atom. The summed E-state index contributed by atoms with van der Waals surface area (Å²) in [7, 11) is -1.72. The highest BCUT2D eigenvalue weighted by molar-refractivity contribution is 7.91. The number of aromatic nitrogens is 2. The first-order valence-electron chi connectivity index (χ1n) is 9.64. The maximum Gasteiger partial charge on any atom is 0.272 e. The summed E-state index contributed by atoms with van der Waals surface area (Å²) in [6, 6.07) is 19.5. The van der Waals surface area contributed by atoms with Gasteiger partial charge in [-0.05, 0) is 31.0 Å². The summed E-state index contributed by atoms with van der Waals surface area (Å²) in [5.41, 5.74) is 2.13. The van der Waals surface area contributed by atoms with E-state index in [1.165, 1.54) is 0 Å². The van der Waals surface area contributed by atoms with E-state index < -0.39 is 9.84 Å². The quantitative estimate of drug-likeness (QED) is 0.649. The number of rotatable bonds is 5. The second-order valence-corrected chi connectivity index (χ2v) is 9.33. The van der Waals surface area contributed by atoms with Gasteiger partial charge in [0, 0.05) is 25.2 Å². The minimum absolute atomic E-state index is 0.0633. The largest absolute Gasteiger partial charge is 0.333 e. The number of hydrogen-bond donors (Lipinski definition) is 0. The van der Waals surface area contributed by atoms with Crippen molar-refractivity contribution in [3.63, 3.8) is 0 Å². The molecule has 1 amide bonds. The number of hydrogen-bond acceptors (Lipinski definition) is 4. The zero-order valence-corrected chi connectivity index (χ0v) is 17.0. The Morgan fingerprint density at radius 1 is 1.07 bits per heavy atom. The van der Waals surface area contributed by atoms with Gasteiger partial charge in [-0.1, -0.05) is 48.5 Å². The van der Waals surface area contributed by atoms with Crippen LogP contribution in [0.2, 0.25) is 0 Å². The Labute approximate surface area is 170 Å². The summed E-state index contributed by atoms with van der Waals surface area (Å²) in [6.07, 6.45) is 1.48. The van der Waals surface area contributed by atoms with E-state index in [4.69, 9.17) is 0 Å². The van der Waals surface area contributed by atoms with E-state index in [1.807, 2.05) is 30.3 Å². The van der Waals surface area contributed by atoms with E-state index in [0.29, 0.717) is 23.6 Å². The number of amides is 1. The molecule has 0 aliphatic carbocycles. The summed E-state index contributed by atoms with van der Waals surface area (Å²) >= 11 is 0. The third-order valence-electron chi connectivity index (χ3n) is 5.32. The SMILES string of the molecule is Cn1nc(-c2ccccc2)cc1C(=O)N1CCCC1CS(=O)(=O)c1ccccc1. The minimum Gasteiger partial charge on any atom is -0.333 e. The van der Waals surface area contributed by atoms with Crippen LogP contribution in [0.3, 0.4) is 0 Å². The van der Waals surface area contributed by atoms with Gasteiger partial charge in [-0.2, -0.15) is 5.10 Å². The Morgan fingerprint density at radius 2 is 1.72 bits per heavy atom. The third kappa shape index (κ3) is 3.96. The zero-order valence-electron chi connectivity index (χ0n) is 16.2. The van der Waals surface area contributed by atoms with Gasteiger partial charge >= 0.3 is 0 Å². The maximum absolute atomic E-state index is 13.2. The minimum atomic E-state index is -3.46. The first-order chi connectivity index (χ1) is 14.0. The molecule has 1 unspecified atom stereocenters. The van der Waals surface area contributed by atoms with E-state index in [9.17, 15) is 13.2 Å². The van der Waals surface area contributed by atoms with Crippen LogP contribution in [-0.2, 0) is 16.9 Å². The molecular formula is C22H23N3O3S. The molecule has 6 nitrogen and oxygen atoms in total. The fraction of sp³-hybridized carbons (Fsp3) is 0.273. The van der Waals surface area contributed by atoms with Crippen molar-refractivity contribution >= 4 is 15.7 Å². The summed E-state index contributed by atoms with van der Waals surface area (Å²) < 4.78 is 27.2. The van der Waals surface area contributed by atoms with Gasteiger partial charge in [-0.25, -0.2) is 8.42 Å². The van der Waals surface area contributed by atoms with Crippen molar-refractivity contribution in [3.8, 4) is 11.3 Å². The molecular weight excluding hydrogens is 386 g/mol. The molecule has 3 aromatic rings. The van der Waals surface area contributed by atoms with Crippen LogP contribution >= 0.6 is 0 Å². The highest BCUT2D eigenvalue weighted by atomic mass is 32.2. The molecule has 2 aromatic carbocycles. The molecule has 1 aromatic heterocycles. The number of likely N-dealkylation sites (tertiary alicyclic amines) is 1. The molecule has 0 spiro atoms. The van der Waals surface area contributed by atoms with Crippen LogP contribution in [0.15, 0.2) is 71.6 Å². The molecule has 150 valence electrons. The summed E-state index contributed by atoms with van der Waals surface area (Å²) in [5.74, 6) is -0.237. The van der Waals surface area contributed by atoms with E-state index in [1.54, 1.807) is 53.0 Å². The number of nitrogens with zero attached hydrogens (tertiary/aromatic N) is 3. The van der Waals surface area contributed by atoms with E-state index >= 15 is 0 Å². The van der Waals surface area contributed by atoms with Gasteiger partial charge in [-0.15, -0.1) is 0 Å². The van der Waals surface area contributed by atoms with Crippen LogP contribution in [0.1, 0.15) is 23.3 Å². The molecule has 1 aliphatic heterocycles. The molecule has 4 rings (SSSR count). The average molecular weight is 410 g/mol. The number of aryl methyl sites for hydroxylation is 1. The van der Waals surface area contributed by atoms with Crippen LogP contribution < -0.4 is 0 Å². The zero-order chi connectivity index (χ0) is 20.4. The summed E-state index contributed by atoms with van der Waals surface area (Å²) in [4.78, 5) is 15.2. The first-order valence-corrected chi connectivity index (χ1v) is 11.3. The number of carbonyl (C=O) groups is 1. The molecule has 2 heterocycles. The van der Waals surface area contributed by atoms with Crippen molar-refractivity contribution in [2.45, 2.75) is 23.8 Å². The first kappa shape index (κ1) is 19.4. The number of benzene rings is 2. The second-order valence-electron chi connectivity index (χ2n) is 7.29. The maximum atomic E-state index is 13.2. The van der Waals surface area contributed by atoms with E-state index in [2.05, 4.69) is 5.10 Å². The Hall–Kier alpha value is -2.93. The predicted octanol–water partition coefficient (Wildman–Crippen LogP) is 3.17. The number of sulfone groups is 1. The van der Waals surface area contributed by atoms with Crippen LogP contribution in [0.5, 0.6) is 0 Å². The normalized spacial score (nSPS) is 16.9. The van der Waals surface area contributed by atoms with E-state index in [0.717, 1.165) is 17.7 Å². The van der Waals surface area contributed by atoms with Crippen molar-refractivity contribution in [1.82, 2.24) is 14.7 Å². The lowest BCUT2D eigenvalue weighted by molar-refractivity contribution is 0.0738. The van der Waals surface area contributed by atoms with Gasteiger partial charge in [0.2, 0.25) is 0 Å². The molecule has 0 bridgehead atoms. The molecule has 1 atom stereocenters. The van der Waals surface area contributed by atoms with Crippen LogP contribution in [0.4, 0.5) is 0 Å². The second kappa shape index (κ2) is 7.83. The van der Waals surface area contributed by atoms with Crippen molar-refractivity contribution in [2.24, 2.45) is 7.05 Å². The lowest BCUT2D eigenvalue weighted by Gasteiger charge is -2.24. The lowest BCUT2D eigenvalue weighted by atomic mass is 10.1. The molecule has 1 aliphatic rings. The molecule has 29 heavy (non-hydrogen) atoms. The topological polar surface area (TPSA) is 72.3 Å². The molecule has 0 radical (unpaired) electrons. The molecule has 1 saturated heterocycles. The van der Waals surface area contributed by atoms with Crippen LogP contribution in [0.25, 0.3) is 11.3 Å². The van der Waals surface area contributed by atoms with Gasteiger partial charge in [0.1, 0.15) is 5.69 Å². The predicted molar refractivity (Wildman–Crippen MR) is 111 cm³/mol. The van der Waals surface area contributed by atoms with Crippen molar-refractivity contribution < 1.29 is 13.2 Å². The molecule has 0 N–H and O–H groups in total. The standard InChI is InChI=1S/C22H23N3O3S/c1-24-21(15-20(23-24)17-9-4-2-5-10-17)22(26)25-14-8-11-18(25)16-29(27,28)19-12-6-3-7-13-19/h2-7,9-10,12-13,15,18H,8,11,14,16H2,1H3. The highest BCUT2D eigenvalue weighted by Crippen LogP contribution is 2.25. The van der Waals surface area contributed by atoms with Gasteiger partial charge in [0.05, 0.1) is 16.3 Å². The average Bonchev–Trinajstić information content (AvgIpc) is 3.35. The highest BCUT2D eigenvalue weighted by Gasteiger charge is 2.34. The van der Waals surface area contributed by atoms with Crippen molar-refractivity contribution in [3.05, 3.63) is 72.4 Å². The Balaban J connectivity index is 1.56. The third-order valence-corrected chi connectivity index (χ3v) is 7.13. The Kier molecular flexibility index (Phi) is 5.24. The van der Waals surface area contributed by atoms with Gasteiger partial charge in [-0.3, -0.25) is 9.48 Å². The molecule has 0 saturated carbocycles. The summed E-state index contributed by atoms with van der Waals surface area (Å²) in [5, 5.41) is 4.47. The van der Waals surface area contributed by atoms with Crippen LogP contribution in [-0.4, -0.2) is 47.3 Å². The lowest BCUT2D eigenvalue weighted by Crippen LogP contribution is -2.40. The van der Waals surface area contributed by atoms with Gasteiger partial charge < -0.3 is 4.90 Å². The monoisotopic (exact) mass is 409 g/mol. The smallest absolute Gasteiger partial charge is 0.272 e. The van der Waals surface area contributed by atoms with E-state index in [-0.39, 0.29) is 17.7 Å². The van der Waals surface area contributed by atoms with Crippen LogP contribution in [0, 0.1) is 0 Å².